The Balaban J connectivity index is 2.76. The molecular weight excluding hydrogens is 252 g/mol. The van der Waals surface area contributed by atoms with Crippen molar-refractivity contribution in [3.8, 4) is 5.75 Å². The summed E-state index contributed by atoms with van der Waals surface area (Å²) in [6.07, 6.45) is 0.308. The Kier molecular flexibility index (Phi) is 5.57. The van der Waals surface area contributed by atoms with Gasteiger partial charge in [0, 0.05) is 17.1 Å². The van der Waals surface area contributed by atoms with Gasteiger partial charge in [0.15, 0.2) is 6.10 Å². The van der Waals surface area contributed by atoms with Crippen LogP contribution in [0.5, 0.6) is 5.75 Å². The van der Waals surface area contributed by atoms with Gasteiger partial charge in [-0.15, -0.1) is 0 Å². The fourth-order valence-corrected chi connectivity index (χ4v) is 1.73. The number of amides is 1. The van der Waals surface area contributed by atoms with Gasteiger partial charge in [0.1, 0.15) is 5.75 Å². The van der Waals surface area contributed by atoms with Crippen LogP contribution < -0.4 is 15.8 Å². The Bertz CT molecular complexity index is 456. The summed E-state index contributed by atoms with van der Waals surface area (Å²) in [7, 11) is 0. The van der Waals surface area contributed by atoms with Crippen molar-refractivity contribution in [1.82, 2.24) is 5.32 Å². The van der Waals surface area contributed by atoms with Gasteiger partial charge in [0.05, 0.1) is 0 Å². The summed E-state index contributed by atoms with van der Waals surface area (Å²) in [5.74, 6) is 0.552. The first kappa shape index (κ1) is 16.5. The molecule has 1 aromatic carbocycles. The topological polar surface area (TPSA) is 64.3 Å². The van der Waals surface area contributed by atoms with Crippen molar-refractivity contribution in [2.45, 2.75) is 58.7 Å². The standard InChI is InChI=1S/C16H26N2O2/c1-6-16(4,5)18-15(19)12(3)20-14-10-8-7-9-13(14)11(2)17/h7-12H,6,17H2,1-5H3,(H,18,19)/t11-,12?/m1/s1. The van der Waals surface area contributed by atoms with E-state index in [0.29, 0.717) is 5.75 Å². The number of para-hydroxylation sites is 1. The molecule has 1 aromatic rings. The zero-order valence-corrected chi connectivity index (χ0v) is 13.1. The van der Waals surface area contributed by atoms with Gasteiger partial charge in [0.2, 0.25) is 0 Å². The van der Waals surface area contributed by atoms with E-state index in [0.717, 1.165) is 12.0 Å². The second kappa shape index (κ2) is 6.75. The van der Waals surface area contributed by atoms with E-state index < -0.39 is 6.10 Å². The minimum Gasteiger partial charge on any atom is -0.481 e. The van der Waals surface area contributed by atoms with Crippen LogP contribution in [-0.2, 0) is 4.79 Å². The van der Waals surface area contributed by atoms with E-state index in [1.807, 2.05) is 52.0 Å². The van der Waals surface area contributed by atoms with E-state index in [2.05, 4.69) is 5.32 Å². The van der Waals surface area contributed by atoms with E-state index in [1.165, 1.54) is 0 Å². The largest absolute Gasteiger partial charge is 0.481 e. The number of carbonyl (C=O) groups excluding carboxylic acids is 1. The number of hydrogen-bond acceptors (Lipinski definition) is 3. The highest BCUT2D eigenvalue weighted by Crippen LogP contribution is 2.24. The number of benzene rings is 1. The first-order chi connectivity index (χ1) is 9.26. The van der Waals surface area contributed by atoms with Gasteiger partial charge in [-0.2, -0.15) is 0 Å². The van der Waals surface area contributed by atoms with Crippen LogP contribution in [0.4, 0.5) is 0 Å². The number of nitrogens with one attached hydrogen (secondary N) is 1. The fraction of sp³-hybridized carbons (Fsp3) is 0.562. The van der Waals surface area contributed by atoms with Crippen LogP contribution in [0.1, 0.15) is 52.6 Å². The fourth-order valence-electron chi connectivity index (χ4n) is 1.73. The zero-order valence-electron chi connectivity index (χ0n) is 13.1. The minimum absolute atomic E-state index is 0.115. The maximum atomic E-state index is 12.1. The van der Waals surface area contributed by atoms with Crippen molar-refractivity contribution >= 4 is 5.91 Å². The molecular formula is C16H26N2O2. The molecule has 0 fully saturated rings. The Morgan fingerprint density at radius 3 is 2.50 bits per heavy atom. The van der Waals surface area contributed by atoms with Gasteiger partial charge in [-0.25, -0.2) is 0 Å². The second-order valence-corrected chi connectivity index (χ2v) is 5.81. The van der Waals surface area contributed by atoms with Crippen LogP contribution in [0.15, 0.2) is 24.3 Å². The summed E-state index contributed by atoms with van der Waals surface area (Å²) in [6, 6.07) is 7.42. The monoisotopic (exact) mass is 278 g/mol. The Hall–Kier alpha value is -1.55. The Labute approximate surface area is 121 Å². The highest BCUT2D eigenvalue weighted by atomic mass is 16.5. The number of rotatable bonds is 6. The molecule has 2 atom stereocenters. The molecule has 3 N–H and O–H groups in total. The van der Waals surface area contributed by atoms with Crippen LogP contribution in [0, 0.1) is 0 Å². The molecule has 0 aromatic heterocycles. The molecule has 20 heavy (non-hydrogen) atoms. The molecule has 0 bridgehead atoms. The molecule has 0 saturated heterocycles. The molecule has 0 aliphatic rings. The van der Waals surface area contributed by atoms with Crippen molar-refractivity contribution in [2.24, 2.45) is 5.73 Å². The average Bonchev–Trinajstić information content (AvgIpc) is 2.38. The maximum Gasteiger partial charge on any atom is 0.261 e. The third-order valence-corrected chi connectivity index (χ3v) is 3.43. The number of nitrogens with two attached hydrogens (primary N) is 1. The van der Waals surface area contributed by atoms with E-state index in [-0.39, 0.29) is 17.5 Å². The first-order valence-electron chi connectivity index (χ1n) is 7.10. The second-order valence-electron chi connectivity index (χ2n) is 5.81. The lowest BCUT2D eigenvalue weighted by atomic mass is 10.0. The third kappa shape index (κ3) is 4.53. The van der Waals surface area contributed by atoms with Crippen molar-refractivity contribution in [3.63, 3.8) is 0 Å². The number of ether oxygens (including phenoxy) is 1. The Morgan fingerprint density at radius 2 is 1.95 bits per heavy atom. The summed E-state index contributed by atoms with van der Waals surface area (Å²) in [4.78, 5) is 12.1. The summed E-state index contributed by atoms with van der Waals surface area (Å²) in [5.41, 5.74) is 6.59. The molecule has 1 rings (SSSR count). The summed E-state index contributed by atoms with van der Waals surface area (Å²) in [5, 5.41) is 2.98. The lowest BCUT2D eigenvalue weighted by Gasteiger charge is -2.27. The number of hydrogen-bond donors (Lipinski definition) is 2. The minimum atomic E-state index is -0.555. The van der Waals surface area contributed by atoms with Gasteiger partial charge >= 0.3 is 0 Å². The molecule has 0 saturated carbocycles. The first-order valence-corrected chi connectivity index (χ1v) is 7.10. The molecule has 112 valence electrons. The van der Waals surface area contributed by atoms with E-state index in [4.69, 9.17) is 10.5 Å². The van der Waals surface area contributed by atoms with E-state index in [1.54, 1.807) is 6.92 Å². The Morgan fingerprint density at radius 1 is 1.35 bits per heavy atom. The highest BCUT2D eigenvalue weighted by Gasteiger charge is 2.23. The van der Waals surface area contributed by atoms with Crippen molar-refractivity contribution < 1.29 is 9.53 Å². The van der Waals surface area contributed by atoms with Crippen molar-refractivity contribution in [1.29, 1.82) is 0 Å². The molecule has 0 heterocycles. The van der Waals surface area contributed by atoms with Crippen LogP contribution in [-0.4, -0.2) is 17.6 Å². The normalized spacial score (nSPS) is 14.5. The highest BCUT2D eigenvalue weighted by molar-refractivity contribution is 5.81. The lowest BCUT2D eigenvalue weighted by molar-refractivity contribution is -0.129. The SMILES string of the molecule is CCC(C)(C)NC(=O)C(C)Oc1ccccc1[C@@H](C)N. The lowest BCUT2D eigenvalue weighted by Crippen LogP contribution is -2.48. The van der Waals surface area contributed by atoms with Crippen LogP contribution >= 0.6 is 0 Å². The smallest absolute Gasteiger partial charge is 0.261 e. The van der Waals surface area contributed by atoms with Crippen LogP contribution in [0.2, 0.25) is 0 Å². The van der Waals surface area contributed by atoms with Gasteiger partial charge in [-0.05, 0) is 40.2 Å². The van der Waals surface area contributed by atoms with Crippen molar-refractivity contribution in [2.75, 3.05) is 0 Å². The van der Waals surface area contributed by atoms with E-state index in [9.17, 15) is 4.79 Å². The molecule has 0 radical (unpaired) electrons. The summed E-state index contributed by atoms with van der Waals surface area (Å²) < 4.78 is 5.77. The third-order valence-electron chi connectivity index (χ3n) is 3.43. The van der Waals surface area contributed by atoms with Crippen molar-refractivity contribution in [3.05, 3.63) is 29.8 Å². The van der Waals surface area contributed by atoms with Gasteiger partial charge in [0.25, 0.3) is 5.91 Å². The molecule has 0 aliphatic heterocycles. The van der Waals surface area contributed by atoms with Gasteiger partial charge < -0.3 is 15.8 Å². The van der Waals surface area contributed by atoms with Crippen LogP contribution in [0.25, 0.3) is 0 Å². The molecule has 4 heteroatoms. The zero-order chi connectivity index (χ0) is 15.3. The van der Waals surface area contributed by atoms with Gasteiger partial charge in [-0.1, -0.05) is 25.1 Å². The van der Waals surface area contributed by atoms with Crippen LogP contribution in [0.3, 0.4) is 0 Å². The summed E-state index contributed by atoms with van der Waals surface area (Å²) in [6.45, 7) is 9.67. The number of carbonyl (C=O) groups is 1. The predicted molar refractivity (Wildman–Crippen MR) is 81.6 cm³/mol. The molecule has 0 spiro atoms. The maximum absolute atomic E-state index is 12.1. The van der Waals surface area contributed by atoms with Gasteiger partial charge in [-0.3, -0.25) is 4.79 Å². The predicted octanol–water partition coefficient (Wildman–Crippen LogP) is 2.78. The summed E-state index contributed by atoms with van der Waals surface area (Å²) >= 11 is 0. The molecule has 0 aliphatic carbocycles. The molecule has 1 unspecified atom stereocenters. The molecule has 4 nitrogen and oxygen atoms in total. The quantitative estimate of drug-likeness (QED) is 0.841. The molecule has 1 amide bonds. The average molecular weight is 278 g/mol. The van der Waals surface area contributed by atoms with E-state index >= 15 is 0 Å².